The average Bonchev–Trinajstić information content (AvgIpc) is 2.99. The van der Waals surface area contributed by atoms with Crippen LogP contribution in [0, 0.1) is 23.7 Å². The van der Waals surface area contributed by atoms with Crippen LogP contribution in [-0.4, -0.2) is 23.7 Å². The molecule has 230 valence electrons. The Morgan fingerprint density at radius 1 is 0.513 bits per heavy atom. The van der Waals surface area contributed by atoms with Gasteiger partial charge in [-0.1, -0.05) is 0 Å². The van der Waals surface area contributed by atoms with Crippen molar-refractivity contribution in [1.82, 2.24) is 0 Å². The average molecular weight is 668 g/mol. The molecule has 0 N–H and O–H groups in total. The van der Waals surface area contributed by atoms with Crippen molar-refractivity contribution in [3.8, 4) is 0 Å². The summed E-state index contributed by atoms with van der Waals surface area (Å²) in [5, 5.41) is 0. The first-order valence-corrected chi connectivity index (χ1v) is 23.8. The summed E-state index contributed by atoms with van der Waals surface area (Å²) in [7, 11) is 12.7. The Morgan fingerprint density at radius 3 is 1.03 bits per heavy atom. The fourth-order valence-corrected chi connectivity index (χ4v) is 16.5. The van der Waals surface area contributed by atoms with Crippen LogP contribution in [0.5, 0.6) is 0 Å². The molecule has 4 saturated carbocycles. The van der Waals surface area contributed by atoms with Gasteiger partial charge < -0.3 is 0 Å². The fraction of sp³-hybridized carbons (Fsp3) is 0.875. The summed E-state index contributed by atoms with van der Waals surface area (Å²) in [4.78, 5) is 0. The third-order valence-electron chi connectivity index (χ3n) is 10.3. The summed E-state index contributed by atoms with van der Waals surface area (Å²) in [5.41, 5.74) is -2.31. The normalized spacial score (nSPS) is 25.7. The molecule has 4 fully saturated rings. The van der Waals surface area contributed by atoms with Crippen LogP contribution in [0.3, 0.4) is 0 Å². The first-order valence-electron chi connectivity index (χ1n) is 16.1. The van der Waals surface area contributed by atoms with Gasteiger partial charge in [0.1, 0.15) is 0 Å². The van der Waals surface area contributed by atoms with E-state index in [2.05, 4.69) is 12.2 Å². The Morgan fingerprint density at radius 2 is 0.769 bits per heavy atom. The predicted molar refractivity (Wildman–Crippen MR) is 170 cm³/mol. The summed E-state index contributed by atoms with van der Waals surface area (Å²) >= 11 is 0. The molecule has 39 heavy (non-hydrogen) atoms. The number of alkyl halides is 2. The molecule has 0 radical (unpaired) electrons. The van der Waals surface area contributed by atoms with Crippen molar-refractivity contribution < 1.29 is 18.5 Å². The van der Waals surface area contributed by atoms with Crippen molar-refractivity contribution in [1.29, 1.82) is 0 Å². The van der Waals surface area contributed by atoms with Crippen LogP contribution in [0.15, 0.2) is 24.3 Å². The van der Waals surface area contributed by atoms with E-state index in [0.29, 0.717) is 14.7 Å². The second-order valence-electron chi connectivity index (χ2n) is 12.8. The van der Waals surface area contributed by atoms with Gasteiger partial charge in [0.15, 0.2) is 0 Å². The fourth-order valence-electron chi connectivity index (χ4n) is 8.15. The number of halogens is 4. The number of hydrogen-bond acceptors (Lipinski definition) is 0. The van der Waals surface area contributed by atoms with Crippen molar-refractivity contribution in [2.75, 3.05) is 12.3 Å². The van der Waals surface area contributed by atoms with Crippen LogP contribution in [0.4, 0.5) is 8.78 Å². The third-order valence-corrected chi connectivity index (χ3v) is 22.4. The van der Waals surface area contributed by atoms with Gasteiger partial charge in [-0.3, -0.25) is 0 Å². The summed E-state index contributed by atoms with van der Waals surface area (Å²) in [5.74, 6) is 0.723. The van der Waals surface area contributed by atoms with Crippen molar-refractivity contribution >= 4 is 35.1 Å². The Kier molecular flexibility index (Phi) is 13.9. The van der Waals surface area contributed by atoms with Crippen molar-refractivity contribution in [3.05, 3.63) is 24.3 Å². The molecule has 0 aromatic rings. The van der Waals surface area contributed by atoms with Crippen LogP contribution < -0.4 is 0 Å². The monoisotopic (exact) mass is 666 g/mol. The summed E-state index contributed by atoms with van der Waals surface area (Å²) in [6, 6.07) is 0. The molecule has 4 aliphatic carbocycles. The van der Waals surface area contributed by atoms with Gasteiger partial charge in [-0.05, 0) is 0 Å². The molecule has 4 rings (SSSR count). The van der Waals surface area contributed by atoms with Gasteiger partial charge in [0, 0.05) is 0 Å². The van der Waals surface area contributed by atoms with E-state index in [1.165, 1.54) is 77.0 Å². The van der Waals surface area contributed by atoms with Gasteiger partial charge in [0.2, 0.25) is 0 Å². The van der Waals surface area contributed by atoms with Crippen LogP contribution >= 0.6 is 35.1 Å². The van der Waals surface area contributed by atoms with E-state index < -0.39 is 21.1 Å². The molecule has 0 saturated heterocycles. The molecule has 2 unspecified atom stereocenters. The molecule has 0 aromatic heterocycles. The first kappa shape index (κ1) is 33.2. The second kappa shape index (κ2) is 16.4. The maximum atomic E-state index is 16.7. The Labute approximate surface area is 252 Å². The summed E-state index contributed by atoms with van der Waals surface area (Å²) < 4.78 is 33.3. The van der Waals surface area contributed by atoms with E-state index in [1.807, 2.05) is 12.2 Å². The van der Waals surface area contributed by atoms with E-state index in [4.69, 9.17) is 20.4 Å². The van der Waals surface area contributed by atoms with E-state index in [0.717, 1.165) is 63.7 Å². The molecular formula is C32H54Cl2F2NiP2. The molecule has 0 nitrogen and oxygen atoms in total. The molecule has 0 bridgehead atoms. The standard InChI is InChI=1S/2C16H27FP.2ClH.Ni/c2*17-16(12-7-13-18,14-8-3-1-4-9-14)15-10-5-2-6-11-15;;;/h2*7,12,14-15,18H,1-6,8-11,13H2;2*1H;/q2*-1;;;+4/p-2. The van der Waals surface area contributed by atoms with Gasteiger partial charge in [0.25, 0.3) is 0 Å². The van der Waals surface area contributed by atoms with E-state index in [1.54, 1.807) is 0 Å². The van der Waals surface area contributed by atoms with E-state index >= 15 is 8.78 Å². The predicted octanol–water partition coefficient (Wildman–Crippen LogP) is 12.5. The van der Waals surface area contributed by atoms with Gasteiger partial charge in [0.05, 0.1) is 0 Å². The van der Waals surface area contributed by atoms with Crippen molar-refractivity contribution in [2.45, 2.75) is 140 Å². The van der Waals surface area contributed by atoms with Crippen LogP contribution in [0.25, 0.3) is 0 Å². The molecular weight excluding hydrogens is 614 g/mol. The zero-order valence-corrected chi connectivity index (χ0v) is 28.5. The maximum absolute atomic E-state index is 16.7. The quantitative estimate of drug-likeness (QED) is 0.110. The molecule has 2 atom stereocenters. The van der Waals surface area contributed by atoms with Gasteiger partial charge in [-0.15, -0.1) is 0 Å². The third kappa shape index (κ3) is 9.63. The molecule has 4 aliphatic rings. The van der Waals surface area contributed by atoms with Crippen molar-refractivity contribution in [3.63, 3.8) is 0 Å². The zero-order valence-electron chi connectivity index (χ0n) is 24.0. The van der Waals surface area contributed by atoms with Crippen LogP contribution in [0.1, 0.15) is 128 Å². The van der Waals surface area contributed by atoms with E-state index in [9.17, 15) is 0 Å². The molecule has 7 heteroatoms. The topological polar surface area (TPSA) is 0 Å². The first-order chi connectivity index (χ1) is 18.8. The van der Waals surface area contributed by atoms with Gasteiger partial charge >= 0.3 is 254 Å². The number of allylic oxidation sites excluding steroid dienone is 4. The van der Waals surface area contributed by atoms with Gasteiger partial charge in [-0.2, -0.15) is 0 Å². The van der Waals surface area contributed by atoms with Crippen molar-refractivity contribution in [2.24, 2.45) is 23.7 Å². The SMILES string of the molecule is FC(C=CC[PH][Ni]([Cl])([Cl])[PH]CC=CC(F)(C1CCCCC1)C1CCCCC1)(C1CCCCC1)C1CCCCC1. The molecule has 0 heterocycles. The number of hydrogen-bond donors (Lipinski definition) is 0. The Bertz CT molecular complexity index is 670. The molecule has 0 amide bonds. The van der Waals surface area contributed by atoms with Crippen LogP contribution in [0.2, 0.25) is 0 Å². The number of rotatable bonds is 12. The Balaban J connectivity index is 1.30. The van der Waals surface area contributed by atoms with E-state index in [-0.39, 0.29) is 23.7 Å². The summed E-state index contributed by atoms with van der Waals surface area (Å²) in [6.07, 6.45) is 32.3. The molecule has 0 aliphatic heterocycles. The minimum absolute atomic E-state index is 0.181. The minimum atomic E-state index is -1.88. The van der Waals surface area contributed by atoms with Gasteiger partial charge in [-0.25, -0.2) is 0 Å². The molecule has 0 aromatic carbocycles. The molecule has 0 spiro atoms. The van der Waals surface area contributed by atoms with Crippen LogP contribution in [-0.2, 0) is 9.74 Å². The summed E-state index contributed by atoms with van der Waals surface area (Å²) in [6.45, 7) is 0. The second-order valence-corrected chi connectivity index (χ2v) is 29.3. The zero-order chi connectivity index (χ0) is 27.6. The Hall–Kier alpha value is 1.27.